The molecule has 0 aliphatic carbocycles. The predicted molar refractivity (Wildman–Crippen MR) is 221 cm³/mol. The van der Waals surface area contributed by atoms with Crippen molar-refractivity contribution in [1.29, 1.82) is 0 Å². The summed E-state index contributed by atoms with van der Waals surface area (Å²) >= 11 is 0. The Kier molecular flexibility index (Phi) is 9.54. The number of rotatable bonds is 15. The smallest absolute Gasteiger partial charge is 0.271 e. The fourth-order valence-electron chi connectivity index (χ4n) is 7.93. The van der Waals surface area contributed by atoms with Crippen molar-refractivity contribution in [3.05, 3.63) is 105 Å². The van der Waals surface area contributed by atoms with Crippen molar-refractivity contribution in [3.8, 4) is 0 Å². The average Bonchev–Trinajstić information content (AvgIpc) is 3.66. The van der Waals surface area contributed by atoms with E-state index in [0.717, 1.165) is 118 Å². The van der Waals surface area contributed by atoms with Crippen LogP contribution in [0.25, 0.3) is 66.2 Å². The van der Waals surface area contributed by atoms with Crippen molar-refractivity contribution in [2.45, 2.75) is 38.8 Å². The average molecular weight is 755 g/mol. The van der Waals surface area contributed by atoms with E-state index in [9.17, 15) is 20.2 Å². The summed E-state index contributed by atoms with van der Waals surface area (Å²) in [6.07, 6.45) is 4.59. The minimum atomic E-state index is -0.396. The van der Waals surface area contributed by atoms with Crippen molar-refractivity contribution < 1.29 is 18.8 Å². The van der Waals surface area contributed by atoms with Crippen LogP contribution in [0.5, 0.6) is 0 Å². The molecule has 286 valence electrons. The molecule has 0 unspecified atom stereocenters. The number of quaternary nitrogens is 2. The van der Waals surface area contributed by atoms with Gasteiger partial charge in [-0.25, -0.2) is 19.9 Å². The molecular weight excluding hydrogens is 709 g/mol. The Morgan fingerprint density at radius 1 is 0.518 bits per heavy atom. The van der Waals surface area contributed by atoms with Gasteiger partial charge in [0.15, 0.2) is 11.3 Å². The highest BCUT2D eigenvalue weighted by Crippen LogP contribution is 2.31. The summed E-state index contributed by atoms with van der Waals surface area (Å²) in [5.74, 6) is 0. The molecule has 0 fully saturated rings. The zero-order valence-electron chi connectivity index (χ0n) is 32.3. The summed E-state index contributed by atoms with van der Waals surface area (Å²) in [7, 11) is 9.12. The Hall–Kier alpha value is -6.12. The van der Waals surface area contributed by atoms with Gasteiger partial charge in [-0.3, -0.25) is 20.2 Å². The topological polar surface area (TPSA) is 148 Å². The van der Waals surface area contributed by atoms with E-state index >= 15 is 0 Å². The largest absolute Gasteiger partial charge is 0.327 e. The van der Waals surface area contributed by atoms with Gasteiger partial charge in [-0.15, -0.1) is 0 Å². The van der Waals surface area contributed by atoms with Crippen LogP contribution >= 0.6 is 0 Å². The summed E-state index contributed by atoms with van der Waals surface area (Å²) in [5.41, 5.74) is 7.65. The van der Waals surface area contributed by atoms with Crippen molar-refractivity contribution in [2.75, 3.05) is 54.4 Å². The van der Waals surface area contributed by atoms with Crippen LogP contribution in [0.4, 0.5) is 11.4 Å². The maximum Gasteiger partial charge on any atom is 0.271 e. The van der Waals surface area contributed by atoms with Gasteiger partial charge in [-0.1, -0.05) is 36.4 Å². The zero-order valence-corrected chi connectivity index (χ0v) is 32.3. The lowest BCUT2D eigenvalue weighted by molar-refractivity contribution is -0.891. The Balaban J connectivity index is 0.870. The Morgan fingerprint density at radius 2 is 0.929 bits per heavy atom. The number of aromatic nitrogens is 6. The molecular formula is C42H46N10O4+2. The lowest BCUT2D eigenvalue weighted by Crippen LogP contribution is -2.43. The maximum absolute atomic E-state index is 11.4. The Morgan fingerprint density at radius 3 is 1.34 bits per heavy atom. The van der Waals surface area contributed by atoms with Crippen LogP contribution in [0.2, 0.25) is 0 Å². The highest BCUT2D eigenvalue weighted by molar-refractivity contribution is 6.07. The van der Waals surface area contributed by atoms with Crippen molar-refractivity contribution >= 4 is 77.6 Å². The number of non-ortho nitro benzene ring substituents is 2. The third-order valence-electron chi connectivity index (χ3n) is 11.2. The molecule has 0 aliphatic rings. The van der Waals surface area contributed by atoms with E-state index in [2.05, 4.69) is 61.6 Å². The summed E-state index contributed by atoms with van der Waals surface area (Å²) in [6, 6.07) is 25.7. The standard InChI is InChI=1S/C42H46N10O4/c1-51(2,25-21-47-37-15-9-7-13-31(37)39-41(47)45-35-27-29(49(53)54)17-19-33(35)43-39)23-11-5-6-12-24-52(3,4)26-22-48-38-16-10-8-14-32(38)40-42(48)46-36-28-30(50(55)56)18-20-34(36)44-40/h7-10,13-20,27-28H,5-6,11-12,21-26H2,1-4H3/q+2. The van der Waals surface area contributed by atoms with E-state index in [0.29, 0.717) is 22.1 Å². The summed E-state index contributed by atoms with van der Waals surface area (Å²) in [4.78, 5) is 41.7. The Bertz CT molecular complexity index is 2620. The second-order valence-corrected chi connectivity index (χ2v) is 16.2. The van der Waals surface area contributed by atoms with Gasteiger partial charge in [0.05, 0.1) is 110 Å². The molecule has 0 N–H and O–H groups in total. The molecule has 0 bridgehead atoms. The Labute approximate surface area is 323 Å². The molecule has 14 nitrogen and oxygen atoms in total. The molecule has 4 heterocycles. The fourth-order valence-corrected chi connectivity index (χ4v) is 7.93. The summed E-state index contributed by atoms with van der Waals surface area (Å²) in [6.45, 7) is 5.45. The molecule has 0 atom stereocenters. The molecule has 8 rings (SSSR count). The number of nitro groups is 2. The second kappa shape index (κ2) is 14.5. The van der Waals surface area contributed by atoms with Crippen molar-refractivity contribution in [1.82, 2.24) is 29.1 Å². The van der Waals surface area contributed by atoms with Gasteiger partial charge < -0.3 is 18.1 Å². The number of hydrogen-bond donors (Lipinski definition) is 0. The van der Waals surface area contributed by atoms with Gasteiger partial charge in [0.25, 0.3) is 11.4 Å². The first-order valence-electron chi connectivity index (χ1n) is 19.2. The van der Waals surface area contributed by atoms with Crippen LogP contribution in [0.1, 0.15) is 25.7 Å². The summed E-state index contributed by atoms with van der Waals surface area (Å²) < 4.78 is 6.17. The highest BCUT2D eigenvalue weighted by atomic mass is 16.6. The number of para-hydroxylation sites is 2. The van der Waals surface area contributed by atoms with Crippen LogP contribution in [-0.4, -0.2) is 102 Å². The first kappa shape index (κ1) is 36.8. The van der Waals surface area contributed by atoms with Crippen LogP contribution in [-0.2, 0) is 13.1 Å². The van der Waals surface area contributed by atoms with Crippen molar-refractivity contribution in [3.63, 3.8) is 0 Å². The van der Waals surface area contributed by atoms with Crippen LogP contribution in [0, 0.1) is 20.2 Å². The summed E-state index contributed by atoms with van der Waals surface area (Å²) in [5, 5.41) is 24.9. The van der Waals surface area contributed by atoms with E-state index < -0.39 is 9.85 Å². The quantitative estimate of drug-likeness (QED) is 0.0443. The highest BCUT2D eigenvalue weighted by Gasteiger charge is 2.22. The van der Waals surface area contributed by atoms with E-state index in [1.54, 1.807) is 12.1 Å². The van der Waals surface area contributed by atoms with Gasteiger partial charge in [0.2, 0.25) is 0 Å². The number of hydrogen-bond acceptors (Lipinski definition) is 8. The van der Waals surface area contributed by atoms with Gasteiger partial charge in [-0.2, -0.15) is 0 Å². The van der Waals surface area contributed by atoms with Gasteiger partial charge in [-0.05, 0) is 49.9 Å². The predicted octanol–water partition coefficient (Wildman–Crippen LogP) is 8.02. The molecule has 14 heteroatoms. The molecule has 4 aromatic carbocycles. The number of nitrogens with zero attached hydrogens (tertiary/aromatic N) is 10. The SMILES string of the molecule is C[N+](C)(CCCCCC[N+](C)(C)CCn1c2ccccc2c2nc3ccc([N+](=O)[O-])cc3nc21)CCn1c2ccccc2c2nc3ccc([N+](=O)[O-])cc3nc21. The number of fused-ring (bicyclic) bond motifs is 8. The van der Waals surface area contributed by atoms with Crippen LogP contribution in [0.3, 0.4) is 0 Å². The van der Waals surface area contributed by atoms with E-state index in [-0.39, 0.29) is 11.4 Å². The van der Waals surface area contributed by atoms with Gasteiger partial charge in [0.1, 0.15) is 11.0 Å². The first-order chi connectivity index (χ1) is 26.9. The molecule has 0 amide bonds. The number of unbranched alkanes of at least 4 members (excludes halogenated alkanes) is 3. The fraction of sp³-hybridized carbons (Fsp3) is 0.333. The first-order valence-corrected chi connectivity index (χ1v) is 19.2. The minimum absolute atomic E-state index is 0.00996. The third-order valence-corrected chi connectivity index (χ3v) is 11.2. The molecule has 8 aromatic rings. The van der Waals surface area contributed by atoms with Crippen molar-refractivity contribution in [2.24, 2.45) is 0 Å². The molecule has 56 heavy (non-hydrogen) atoms. The minimum Gasteiger partial charge on any atom is -0.327 e. The maximum atomic E-state index is 11.4. The molecule has 0 spiro atoms. The second-order valence-electron chi connectivity index (χ2n) is 16.2. The number of nitro benzene ring substituents is 2. The zero-order chi connectivity index (χ0) is 39.2. The van der Waals surface area contributed by atoms with Gasteiger partial charge in [0, 0.05) is 35.0 Å². The van der Waals surface area contributed by atoms with Crippen LogP contribution < -0.4 is 0 Å². The lowest BCUT2D eigenvalue weighted by atomic mass is 10.1. The number of benzene rings is 4. The molecule has 0 aliphatic heterocycles. The molecule has 0 radical (unpaired) electrons. The third kappa shape index (κ3) is 7.20. The molecule has 4 aromatic heterocycles. The normalized spacial score (nSPS) is 12.6. The van der Waals surface area contributed by atoms with Crippen LogP contribution in [0.15, 0.2) is 84.9 Å². The van der Waals surface area contributed by atoms with E-state index in [1.165, 1.54) is 24.3 Å². The molecule has 0 saturated carbocycles. The number of likely N-dealkylation sites (N-methyl/N-ethyl adjacent to an activating group) is 2. The molecule has 0 saturated heterocycles. The monoisotopic (exact) mass is 754 g/mol. The van der Waals surface area contributed by atoms with Gasteiger partial charge >= 0.3 is 0 Å². The van der Waals surface area contributed by atoms with E-state index in [1.807, 2.05) is 24.3 Å². The van der Waals surface area contributed by atoms with E-state index in [4.69, 9.17) is 19.9 Å². The lowest BCUT2D eigenvalue weighted by Gasteiger charge is -2.31.